The van der Waals surface area contributed by atoms with Crippen LogP contribution in [0.5, 0.6) is 0 Å². The van der Waals surface area contributed by atoms with E-state index in [0.717, 1.165) is 12.0 Å². The van der Waals surface area contributed by atoms with E-state index in [0.29, 0.717) is 6.42 Å². The molecule has 0 atom stereocenters. The number of hydrogen-bond acceptors (Lipinski definition) is 4. The molecule has 0 fully saturated rings. The van der Waals surface area contributed by atoms with E-state index in [2.05, 4.69) is 9.84 Å². The van der Waals surface area contributed by atoms with E-state index in [4.69, 9.17) is 5.84 Å². The molecule has 4 heteroatoms. The number of aryl methyl sites for hydroxylation is 1. The standard InChI is InChI=1S/C11H14N2O2/c1-15-11(14)10(13-12)8-7-9-5-3-2-4-6-9/h2-6H,7-8,12H2,1H3/b13-10-. The molecule has 1 aromatic rings. The molecule has 0 aliphatic heterocycles. The van der Waals surface area contributed by atoms with Crippen molar-refractivity contribution in [3.05, 3.63) is 35.9 Å². The first-order valence-corrected chi connectivity index (χ1v) is 4.67. The Morgan fingerprint density at radius 3 is 2.60 bits per heavy atom. The lowest BCUT2D eigenvalue weighted by Crippen LogP contribution is -2.18. The highest BCUT2D eigenvalue weighted by Gasteiger charge is 2.10. The van der Waals surface area contributed by atoms with Crippen molar-refractivity contribution in [3.8, 4) is 0 Å². The first-order chi connectivity index (χ1) is 7.27. The van der Waals surface area contributed by atoms with Gasteiger partial charge in [0.05, 0.1) is 7.11 Å². The number of hydrazone groups is 1. The molecule has 0 aromatic heterocycles. The quantitative estimate of drug-likeness (QED) is 0.347. The van der Waals surface area contributed by atoms with Crippen molar-refractivity contribution >= 4 is 11.7 Å². The summed E-state index contributed by atoms with van der Waals surface area (Å²) in [5.74, 6) is 4.64. The van der Waals surface area contributed by atoms with Crippen LogP contribution in [0.3, 0.4) is 0 Å². The number of methoxy groups -OCH3 is 1. The van der Waals surface area contributed by atoms with Crippen LogP contribution in [0.1, 0.15) is 12.0 Å². The highest BCUT2D eigenvalue weighted by Crippen LogP contribution is 2.03. The maximum atomic E-state index is 11.1. The second-order valence-electron chi connectivity index (χ2n) is 3.05. The monoisotopic (exact) mass is 206 g/mol. The Morgan fingerprint density at radius 2 is 2.07 bits per heavy atom. The van der Waals surface area contributed by atoms with E-state index in [-0.39, 0.29) is 5.71 Å². The first-order valence-electron chi connectivity index (χ1n) is 4.67. The van der Waals surface area contributed by atoms with Gasteiger partial charge in [-0.1, -0.05) is 30.3 Å². The van der Waals surface area contributed by atoms with Crippen LogP contribution < -0.4 is 5.84 Å². The predicted octanol–water partition coefficient (Wildman–Crippen LogP) is 1.11. The van der Waals surface area contributed by atoms with E-state index in [1.165, 1.54) is 7.11 Å². The molecule has 0 spiro atoms. The van der Waals surface area contributed by atoms with E-state index >= 15 is 0 Å². The topological polar surface area (TPSA) is 64.7 Å². The summed E-state index contributed by atoms with van der Waals surface area (Å²) in [5.41, 5.74) is 1.41. The summed E-state index contributed by atoms with van der Waals surface area (Å²) in [6, 6.07) is 9.83. The van der Waals surface area contributed by atoms with Gasteiger partial charge in [-0.25, -0.2) is 4.79 Å². The SMILES string of the molecule is COC(=O)/C(CCc1ccccc1)=N\N. The third kappa shape index (κ3) is 3.42. The molecule has 0 radical (unpaired) electrons. The lowest BCUT2D eigenvalue weighted by Gasteiger charge is -2.02. The fourth-order valence-corrected chi connectivity index (χ4v) is 1.24. The Labute approximate surface area is 88.7 Å². The van der Waals surface area contributed by atoms with Crippen molar-refractivity contribution in [3.63, 3.8) is 0 Å². The van der Waals surface area contributed by atoms with Crippen LogP contribution in [-0.4, -0.2) is 18.8 Å². The van der Waals surface area contributed by atoms with Crippen LogP contribution in [0.15, 0.2) is 35.4 Å². The first kappa shape index (κ1) is 11.2. The molecular weight excluding hydrogens is 192 g/mol. The summed E-state index contributed by atoms with van der Waals surface area (Å²) in [5, 5.41) is 3.42. The fourth-order valence-electron chi connectivity index (χ4n) is 1.24. The average Bonchev–Trinajstić information content (AvgIpc) is 2.31. The number of hydrogen-bond donors (Lipinski definition) is 1. The number of esters is 1. The molecule has 0 aliphatic carbocycles. The highest BCUT2D eigenvalue weighted by atomic mass is 16.5. The molecule has 1 aromatic carbocycles. The van der Waals surface area contributed by atoms with Gasteiger partial charge in [0.25, 0.3) is 0 Å². The van der Waals surface area contributed by atoms with Crippen LogP contribution in [0.2, 0.25) is 0 Å². The molecule has 2 N–H and O–H groups in total. The Morgan fingerprint density at radius 1 is 1.40 bits per heavy atom. The number of carbonyl (C=O) groups excluding carboxylic acids is 1. The molecule has 4 nitrogen and oxygen atoms in total. The largest absolute Gasteiger partial charge is 0.464 e. The fraction of sp³-hybridized carbons (Fsp3) is 0.273. The maximum Gasteiger partial charge on any atom is 0.354 e. The van der Waals surface area contributed by atoms with Gasteiger partial charge >= 0.3 is 5.97 Å². The van der Waals surface area contributed by atoms with Crippen molar-refractivity contribution in [2.45, 2.75) is 12.8 Å². The van der Waals surface area contributed by atoms with E-state index in [1.807, 2.05) is 30.3 Å². The van der Waals surface area contributed by atoms with Crippen LogP contribution in [0.25, 0.3) is 0 Å². The van der Waals surface area contributed by atoms with Gasteiger partial charge in [-0.15, -0.1) is 0 Å². The van der Waals surface area contributed by atoms with Crippen LogP contribution in [0, 0.1) is 0 Å². The minimum Gasteiger partial charge on any atom is -0.464 e. The van der Waals surface area contributed by atoms with Crippen molar-refractivity contribution in [2.24, 2.45) is 10.9 Å². The number of nitrogens with two attached hydrogens (primary N) is 1. The Balaban J connectivity index is 2.53. The van der Waals surface area contributed by atoms with Gasteiger partial charge in [-0.3, -0.25) is 0 Å². The van der Waals surface area contributed by atoms with Gasteiger partial charge in [0, 0.05) is 6.42 Å². The molecule has 0 heterocycles. The van der Waals surface area contributed by atoms with Crippen molar-refractivity contribution in [2.75, 3.05) is 7.11 Å². The van der Waals surface area contributed by atoms with Crippen LogP contribution in [-0.2, 0) is 16.0 Å². The molecule has 0 aliphatic rings. The summed E-state index contributed by atoms with van der Waals surface area (Å²) >= 11 is 0. The second-order valence-corrected chi connectivity index (χ2v) is 3.05. The van der Waals surface area contributed by atoms with Crippen LogP contribution >= 0.6 is 0 Å². The van der Waals surface area contributed by atoms with E-state index in [9.17, 15) is 4.79 Å². The molecule has 80 valence electrons. The lowest BCUT2D eigenvalue weighted by atomic mass is 10.1. The van der Waals surface area contributed by atoms with Crippen LogP contribution in [0.4, 0.5) is 0 Å². The van der Waals surface area contributed by atoms with Gasteiger partial charge in [-0.05, 0) is 12.0 Å². The summed E-state index contributed by atoms with van der Waals surface area (Å²) in [7, 11) is 1.32. The van der Waals surface area contributed by atoms with Gasteiger partial charge in [0.15, 0.2) is 0 Å². The number of ether oxygens (including phenoxy) is 1. The minimum absolute atomic E-state index is 0.265. The number of benzene rings is 1. The van der Waals surface area contributed by atoms with Gasteiger partial charge in [0.2, 0.25) is 0 Å². The van der Waals surface area contributed by atoms with E-state index < -0.39 is 5.97 Å². The van der Waals surface area contributed by atoms with Crippen molar-refractivity contribution in [1.82, 2.24) is 0 Å². The molecular formula is C11H14N2O2. The zero-order valence-corrected chi connectivity index (χ0v) is 8.64. The molecule has 0 saturated heterocycles. The van der Waals surface area contributed by atoms with Crippen molar-refractivity contribution < 1.29 is 9.53 Å². The van der Waals surface area contributed by atoms with Gasteiger partial charge in [0.1, 0.15) is 5.71 Å². The summed E-state index contributed by atoms with van der Waals surface area (Å²) in [6.07, 6.45) is 1.22. The Kier molecular flexibility index (Phi) is 4.34. The summed E-state index contributed by atoms with van der Waals surface area (Å²) in [6.45, 7) is 0. The molecule has 0 saturated carbocycles. The normalized spacial score (nSPS) is 11.1. The summed E-state index contributed by atoms with van der Waals surface area (Å²) in [4.78, 5) is 11.1. The number of carbonyl (C=O) groups is 1. The molecule has 0 unspecified atom stereocenters. The molecule has 0 amide bonds. The van der Waals surface area contributed by atoms with Gasteiger partial charge < -0.3 is 10.6 Å². The zero-order valence-electron chi connectivity index (χ0n) is 8.64. The third-order valence-corrected chi connectivity index (χ3v) is 2.07. The summed E-state index contributed by atoms with van der Waals surface area (Å²) < 4.78 is 4.54. The van der Waals surface area contributed by atoms with E-state index in [1.54, 1.807) is 0 Å². The number of rotatable bonds is 4. The average molecular weight is 206 g/mol. The maximum absolute atomic E-state index is 11.1. The van der Waals surface area contributed by atoms with Gasteiger partial charge in [-0.2, -0.15) is 5.10 Å². The Hall–Kier alpha value is -1.84. The number of nitrogens with zero attached hydrogens (tertiary/aromatic N) is 1. The molecule has 0 bridgehead atoms. The third-order valence-electron chi connectivity index (χ3n) is 2.07. The second kappa shape index (κ2) is 5.80. The lowest BCUT2D eigenvalue weighted by molar-refractivity contribution is -0.132. The molecule has 15 heavy (non-hydrogen) atoms. The van der Waals surface area contributed by atoms with Crippen molar-refractivity contribution in [1.29, 1.82) is 0 Å². The highest BCUT2D eigenvalue weighted by molar-refractivity contribution is 6.36. The zero-order chi connectivity index (χ0) is 11.1. The smallest absolute Gasteiger partial charge is 0.354 e. The Bertz CT molecular complexity index is 347. The predicted molar refractivity (Wildman–Crippen MR) is 58.4 cm³/mol. The minimum atomic E-state index is -0.464. The molecule has 1 rings (SSSR count).